The summed E-state index contributed by atoms with van der Waals surface area (Å²) in [4.78, 5) is 0. The van der Waals surface area contributed by atoms with Crippen LogP contribution in [-0.2, 0) is 10.8 Å². The van der Waals surface area contributed by atoms with Crippen molar-refractivity contribution < 1.29 is 4.21 Å². The molecular formula is C4H4OS2. The van der Waals surface area contributed by atoms with Crippen LogP contribution in [0.4, 0.5) is 0 Å². The van der Waals surface area contributed by atoms with Crippen LogP contribution in [-0.4, -0.2) is 4.21 Å². The lowest BCUT2D eigenvalue weighted by Crippen LogP contribution is -1.75. The van der Waals surface area contributed by atoms with Gasteiger partial charge in [0.05, 0.1) is 10.8 Å². The minimum Gasteiger partial charge on any atom is -0.250 e. The quantitative estimate of drug-likeness (QED) is 0.496. The largest absolute Gasteiger partial charge is 0.250 e. The van der Waals surface area contributed by atoms with Crippen LogP contribution in [0, 0.1) is 0 Å². The molecule has 0 amide bonds. The monoisotopic (exact) mass is 132 g/mol. The topological polar surface area (TPSA) is 17.1 Å². The van der Waals surface area contributed by atoms with Gasteiger partial charge in [0.25, 0.3) is 0 Å². The fourth-order valence-electron chi connectivity index (χ4n) is 0.264. The van der Waals surface area contributed by atoms with Crippen LogP contribution in [0.1, 0.15) is 0 Å². The van der Waals surface area contributed by atoms with Crippen molar-refractivity contribution in [3.05, 3.63) is 21.6 Å². The number of rotatable bonds is 0. The minimum atomic E-state index is -0.822. The first-order valence-electron chi connectivity index (χ1n) is 1.78. The number of hydrogen-bond acceptors (Lipinski definition) is 2. The molecule has 0 bridgehead atoms. The maximum atomic E-state index is 10.4. The van der Waals surface area contributed by atoms with Crippen LogP contribution in [0.3, 0.4) is 0 Å². The first kappa shape index (κ1) is 5.12. The van der Waals surface area contributed by atoms with E-state index in [2.05, 4.69) is 0 Å². The summed E-state index contributed by atoms with van der Waals surface area (Å²) in [6, 6.07) is 0. The Morgan fingerprint density at radius 3 is 2.14 bits per heavy atom. The highest BCUT2D eigenvalue weighted by atomic mass is 32.2. The van der Waals surface area contributed by atoms with Crippen molar-refractivity contribution in [2.24, 2.45) is 0 Å². The molecule has 1 rings (SSSR count). The van der Waals surface area contributed by atoms with Gasteiger partial charge in [-0.3, -0.25) is 4.21 Å². The first-order chi connectivity index (χ1) is 3.39. The van der Waals surface area contributed by atoms with Crippen molar-refractivity contribution in [3.8, 4) is 0 Å². The molecule has 0 unspecified atom stereocenters. The molecule has 0 aromatic heterocycles. The van der Waals surface area contributed by atoms with E-state index in [-0.39, 0.29) is 0 Å². The molecule has 3 heteroatoms. The maximum absolute atomic E-state index is 10.4. The highest BCUT2D eigenvalue weighted by molar-refractivity contribution is 8.07. The standard InChI is InChI=1S/C4H4OS2/c5-7-3-1-6-2-4-7/h1-4H. The van der Waals surface area contributed by atoms with Gasteiger partial charge >= 0.3 is 0 Å². The zero-order valence-electron chi connectivity index (χ0n) is 3.53. The van der Waals surface area contributed by atoms with Gasteiger partial charge in [-0.2, -0.15) is 0 Å². The molecular weight excluding hydrogens is 128 g/mol. The van der Waals surface area contributed by atoms with Gasteiger partial charge in [0.15, 0.2) is 0 Å². The van der Waals surface area contributed by atoms with E-state index < -0.39 is 10.8 Å². The molecule has 0 saturated carbocycles. The van der Waals surface area contributed by atoms with E-state index in [1.807, 2.05) is 10.8 Å². The molecule has 0 N–H and O–H groups in total. The lowest BCUT2D eigenvalue weighted by molar-refractivity contribution is 0.693. The molecule has 0 aromatic carbocycles. The van der Waals surface area contributed by atoms with Gasteiger partial charge in [0, 0.05) is 10.8 Å². The third-order valence-corrected chi connectivity index (χ3v) is 2.28. The highest BCUT2D eigenvalue weighted by Gasteiger charge is 1.87. The summed E-state index contributed by atoms with van der Waals surface area (Å²) < 4.78 is 10.4. The maximum Gasteiger partial charge on any atom is 0.0712 e. The van der Waals surface area contributed by atoms with Crippen molar-refractivity contribution >= 4 is 22.6 Å². The summed E-state index contributed by atoms with van der Waals surface area (Å²) in [5, 5.41) is 6.95. The molecule has 38 valence electrons. The second-order valence-corrected chi connectivity index (χ2v) is 3.03. The summed E-state index contributed by atoms with van der Waals surface area (Å²) in [6.45, 7) is 0. The average molecular weight is 132 g/mol. The second-order valence-electron chi connectivity index (χ2n) is 1.01. The summed E-state index contributed by atoms with van der Waals surface area (Å²) in [5.41, 5.74) is 0. The Morgan fingerprint density at radius 1 is 1.29 bits per heavy atom. The Balaban J connectivity index is 2.66. The third kappa shape index (κ3) is 1.49. The van der Waals surface area contributed by atoms with Crippen LogP contribution >= 0.6 is 11.8 Å². The van der Waals surface area contributed by atoms with Crippen molar-refractivity contribution in [1.82, 2.24) is 0 Å². The lowest BCUT2D eigenvalue weighted by Gasteiger charge is -1.88. The van der Waals surface area contributed by atoms with E-state index in [9.17, 15) is 4.21 Å². The van der Waals surface area contributed by atoms with E-state index in [4.69, 9.17) is 0 Å². The van der Waals surface area contributed by atoms with Crippen LogP contribution in [0.25, 0.3) is 0 Å². The van der Waals surface area contributed by atoms with Crippen molar-refractivity contribution in [1.29, 1.82) is 0 Å². The molecule has 7 heavy (non-hydrogen) atoms. The Labute approximate surface area is 48.9 Å². The molecule has 1 aliphatic heterocycles. The Hall–Kier alpha value is -0.0200. The molecule has 0 aliphatic carbocycles. The molecule has 0 radical (unpaired) electrons. The van der Waals surface area contributed by atoms with Crippen LogP contribution in [0.5, 0.6) is 0 Å². The van der Waals surface area contributed by atoms with Crippen molar-refractivity contribution in [3.63, 3.8) is 0 Å². The fourth-order valence-corrected chi connectivity index (χ4v) is 1.84. The Bertz CT molecular complexity index is 123. The molecule has 0 fully saturated rings. The minimum absolute atomic E-state index is 0.822. The van der Waals surface area contributed by atoms with Gasteiger partial charge < -0.3 is 0 Å². The Morgan fingerprint density at radius 2 is 1.86 bits per heavy atom. The van der Waals surface area contributed by atoms with Crippen LogP contribution in [0.2, 0.25) is 0 Å². The van der Waals surface area contributed by atoms with E-state index in [1.165, 1.54) is 0 Å². The molecule has 1 heterocycles. The Kier molecular flexibility index (Phi) is 1.70. The molecule has 1 aliphatic rings. The van der Waals surface area contributed by atoms with E-state index in [0.29, 0.717) is 0 Å². The van der Waals surface area contributed by atoms with Gasteiger partial charge in [0.2, 0.25) is 0 Å². The van der Waals surface area contributed by atoms with Gasteiger partial charge in [-0.15, -0.1) is 11.8 Å². The van der Waals surface area contributed by atoms with Crippen molar-refractivity contribution in [2.75, 3.05) is 0 Å². The summed E-state index contributed by atoms with van der Waals surface area (Å²) in [5.74, 6) is 0. The van der Waals surface area contributed by atoms with E-state index in [0.717, 1.165) is 0 Å². The van der Waals surface area contributed by atoms with Crippen LogP contribution in [0.15, 0.2) is 21.6 Å². The van der Waals surface area contributed by atoms with Gasteiger partial charge in [-0.25, -0.2) is 0 Å². The second kappa shape index (κ2) is 2.33. The SMILES string of the molecule is O=S1C=CSC=C1. The number of hydrogen-bond donors (Lipinski definition) is 0. The summed E-state index contributed by atoms with van der Waals surface area (Å²) in [6.07, 6.45) is 0. The lowest BCUT2D eigenvalue weighted by atomic mass is 11.2. The number of thioether (sulfide) groups is 1. The zero-order chi connectivity index (χ0) is 5.11. The fraction of sp³-hybridized carbons (Fsp3) is 0. The highest BCUT2D eigenvalue weighted by Crippen LogP contribution is 2.10. The predicted molar refractivity (Wildman–Crippen MR) is 34.0 cm³/mol. The van der Waals surface area contributed by atoms with Gasteiger partial charge in [0.1, 0.15) is 0 Å². The van der Waals surface area contributed by atoms with Crippen molar-refractivity contribution in [2.45, 2.75) is 0 Å². The predicted octanol–water partition coefficient (Wildman–Crippen LogP) is 1.42. The zero-order valence-corrected chi connectivity index (χ0v) is 5.17. The van der Waals surface area contributed by atoms with Crippen LogP contribution < -0.4 is 0 Å². The molecule has 0 atom stereocenters. The third-order valence-electron chi connectivity index (χ3n) is 0.536. The van der Waals surface area contributed by atoms with Gasteiger partial charge in [-0.1, -0.05) is 0 Å². The summed E-state index contributed by atoms with van der Waals surface area (Å²) >= 11 is 1.54. The van der Waals surface area contributed by atoms with E-state index in [1.54, 1.807) is 22.6 Å². The first-order valence-corrected chi connectivity index (χ1v) is 4.00. The smallest absolute Gasteiger partial charge is 0.0712 e. The summed E-state index contributed by atoms with van der Waals surface area (Å²) in [7, 11) is -0.822. The normalized spacial score (nSPS) is 20.6. The molecule has 0 saturated heterocycles. The molecule has 1 nitrogen and oxygen atoms in total. The molecule has 0 spiro atoms. The van der Waals surface area contributed by atoms with E-state index >= 15 is 0 Å². The average Bonchev–Trinajstić information content (AvgIpc) is 1.69. The molecule has 0 aromatic rings. The van der Waals surface area contributed by atoms with Gasteiger partial charge in [-0.05, 0) is 10.8 Å².